The second-order valence-electron chi connectivity index (χ2n) is 7.96. The van der Waals surface area contributed by atoms with Crippen LogP contribution in [-0.4, -0.2) is 30.8 Å². The van der Waals surface area contributed by atoms with E-state index in [-0.39, 0.29) is 0 Å². The average molecular weight is 424 g/mol. The number of carboxylic acid groups (broad SMARTS) is 1. The molecule has 0 aromatic heterocycles. The van der Waals surface area contributed by atoms with Gasteiger partial charge in [0.25, 0.3) is 0 Å². The highest BCUT2D eigenvalue weighted by molar-refractivity contribution is 5.89. The third-order valence-electron chi connectivity index (χ3n) is 5.72. The summed E-state index contributed by atoms with van der Waals surface area (Å²) in [5.74, 6) is 0.390. The SMILES string of the molecule is C=CCCC(CC)CN(CC)c1cc(C(=O)O)ccc1OCCCCc1ccccc1. The molecule has 4 nitrogen and oxygen atoms in total. The Morgan fingerprint density at radius 3 is 2.58 bits per heavy atom. The first-order chi connectivity index (χ1) is 15.1. The Labute approximate surface area is 187 Å². The Balaban J connectivity index is 2.05. The minimum atomic E-state index is -0.912. The second kappa shape index (κ2) is 13.5. The van der Waals surface area contributed by atoms with Gasteiger partial charge in [-0.2, -0.15) is 0 Å². The van der Waals surface area contributed by atoms with Crippen molar-refractivity contribution in [2.45, 2.75) is 52.4 Å². The third-order valence-corrected chi connectivity index (χ3v) is 5.72. The van der Waals surface area contributed by atoms with Gasteiger partial charge in [-0.1, -0.05) is 49.8 Å². The average Bonchev–Trinajstić information content (AvgIpc) is 2.80. The molecule has 0 aliphatic rings. The molecular formula is C27H37NO3. The van der Waals surface area contributed by atoms with Crippen molar-refractivity contribution in [3.8, 4) is 5.75 Å². The molecule has 0 bridgehead atoms. The first-order valence-electron chi connectivity index (χ1n) is 11.5. The lowest BCUT2D eigenvalue weighted by Gasteiger charge is -2.29. The van der Waals surface area contributed by atoms with Crippen molar-refractivity contribution in [3.05, 3.63) is 72.3 Å². The van der Waals surface area contributed by atoms with E-state index in [0.717, 1.165) is 63.1 Å². The van der Waals surface area contributed by atoms with Gasteiger partial charge >= 0.3 is 5.97 Å². The number of hydrogen-bond acceptors (Lipinski definition) is 3. The number of nitrogens with zero attached hydrogens (tertiary/aromatic N) is 1. The highest BCUT2D eigenvalue weighted by Gasteiger charge is 2.18. The van der Waals surface area contributed by atoms with Gasteiger partial charge < -0.3 is 14.7 Å². The number of unbranched alkanes of at least 4 members (excludes halogenated alkanes) is 1. The summed E-state index contributed by atoms with van der Waals surface area (Å²) in [6, 6.07) is 15.7. The van der Waals surface area contributed by atoms with Crippen LogP contribution in [0.3, 0.4) is 0 Å². The zero-order chi connectivity index (χ0) is 22.5. The van der Waals surface area contributed by atoms with Crippen molar-refractivity contribution >= 4 is 11.7 Å². The van der Waals surface area contributed by atoms with Gasteiger partial charge in [0.1, 0.15) is 5.75 Å². The van der Waals surface area contributed by atoms with Crippen molar-refractivity contribution in [1.82, 2.24) is 0 Å². The van der Waals surface area contributed by atoms with E-state index in [0.29, 0.717) is 18.1 Å². The van der Waals surface area contributed by atoms with E-state index in [4.69, 9.17) is 4.74 Å². The maximum absolute atomic E-state index is 11.6. The van der Waals surface area contributed by atoms with Crippen molar-refractivity contribution in [1.29, 1.82) is 0 Å². The number of ether oxygens (including phenoxy) is 1. The topological polar surface area (TPSA) is 49.8 Å². The van der Waals surface area contributed by atoms with Crippen molar-refractivity contribution in [2.75, 3.05) is 24.6 Å². The molecule has 4 heteroatoms. The molecule has 0 fully saturated rings. The van der Waals surface area contributed by atoms with Gasteiger partial charge in [0.15, 0.2) is 0 Å². The van der Waals surface area contributed by atoms with Crippen LogP contribution in [0.1, 0.15) is 61.9 Å². The molecule has 0 saturated heterocycles. The first-order valence-corrected chi connectivity index (χ1v) is 11.5. The minimum Gasteiger partial charge on any atom is -0.491 e. The van der Waals surface area contributed by atoms with Crippen LogP contribution < -0.4 is 9.64 Å². The summed E-state index contributed by atoms with van der Waals surface area (Å²) in [5, 5.41) is 9.48. The standard InChI is InChI=1S/C27H37NO3/c1-4-7-13-22(5-2)21-28(6-3)25-20-24(27(29)30)17-18-26(25)31-19-12-11-16-23-14-9-8-10-15-23/h4,8-10,14-15,17-18,20,22H,1,5-7,11-13,16,19,21H2,2-3H3,(H,29,30). The highest BCUT2D eigenvalue weighted by Crippen LogP contribution is 2.31. The predicted octanol–water partition coefficient (Wildman–Crippen LogP) is 6.61. The molecule has 168 valence electrons. The number of aryl methyl sites for hydroxylation is 1. The molecule has 0 amide bonds. The Morgan fingerprint density at radius 1 is 1.16 bits per heavy atom. The van der Waals surface area contributed by atoms with Crippen LogP contribution in [0.25, 0.3) is 0 Å². The van der Waals surface area contributed by atoms with E-state index in [9.17, 15) is 9.90 Å². The molecule has 2 aromatic rings. The normalized spacial score (nSPS) is 11.7. The molecule has 1 N–H and O–H groups in total. The van der Waals surface area contributed by atoms with Crippen LogP contribution in [0.4, 0.5) is 5.69 Å². The molecule has 0 radical (unpaired) electrons. The van der Waals surface area contributed by atoms with Gasteiger partial charge in [-0.3, -0.25) is 0 Å². The fourth-order valence-electron chi connectivity index (χ4n) is 3.77. The first kappa shape index (κ1) is 24.5. The number of carboxylic acids is 1. The minimum absolute atomic E-state index is 0.295. The lowest BCUT2D eigenvalue weighted by molar-refractivity contribution is 0.0697. The predicted molar refractivity (Wildman–Crippen MR) is 129 cm³/mol. The summed E-state index contributed by atoms with van der Waals surface area (Å²) in [6.07, 6.45) is 8.19. The van der Waals surface area contributed by atoms with E-state index in [1.165, 1.54) is 5.56 Å². The Kier molecular flexibility index (Phi) is 10.7. The Bertz CT molecular complexity index is 803. The Hall–Kier alpha value is -2.75. The molecule has 1 unspecified atom stereocenters. The maximum atomic E-state index is 11.6. The molecule has 2 aromatic carbocycles. The van der Waals surface area contributed by atoms with Crippen LogP contribution in [0, 0.1) is 5.92 Å². The fraction of sp³-hybridized carbons (Fsp3) is 0.444. The molecule has 0 aliphatic heterocycles. The molecule has 0 heterocycles. The number of rotatable bonds is 15. The van der Waals surface area contributed by atoms with Gasteiger partial charge in [0.05, 0.1) is 17.9 Å². The largest absolute Gasteiger partial charge is 0.491 e. The van der Waals surface area contributed by atoms with E-state index in [1.807, 2.05) is 18.2 Å². The van der Waals surface area contributed by atoms with Crippen LogP contribution in [0.15, 0.2) is 61.2 Å². The molecular weight excluding hydrogens is 386 g/mol. The smallest absolute Gasteiger partial charge is 0.335 e. The van der Waals surface area contributed by atoms with E-state index in [1.54, 1.807) is 12.1 Å². The van der Waals surface area contributed by atoms with Gasteiger partial charge in [-0.15, -0.1) is 6.58 Å². The van der Waals surface area contributed by atoms with Crippen molar-refractivity contribution < 1.29 is 14.6 Å². The number of anilines is 1. The number of hydrogen-bond donors (Lipinski definition) is 1. The molecule has 1 atom stereocenters. The van der Waals surface area contributed by atoms with Gasteiger partial charge in [-0.05, 0) is 68.7 Å². The lowest BCUT2D eigenvalue weighted by atomic mass is 9.99. The zero-order valence-corrected chi connectivity index (χ0v) is 19.1. The third kappa shape index (κ3) is 8.12. The number of carbonyl (C=O) groups is 1. The molecule has 2 rings (SSSR count). The van der Waals surface area contributed by atoms with Crippen LogP contribution in [-0.2, 0) is 6.42 Å². The summed E-state index contributed by atoms with van der Waals surface area (Å²) in [7, 11) is 0. The summed E-state index contributed by atoms with van der Waals surface area (Å²) < 4.78 is 6.14. The van der Waals surface area contributed by atoms with Gasteiger partial charge in [0.2, 0.25) is 0 Å². The summed E-state index contributed by atoms with van der Waals surface area (Å²) in [4.78, 5) is 13.8. The van der Waals surface area contributed by atoms with E-state index in [2.05, 4.69) is 49.6 Å². The second-order valence-corrected chi connectivity index (χ2v) is 7.96. The Morgan fingerprint density at radius 2 is 1.94 bits per heavy atom. The van der Waals surface area contributed by atoms with Crippen molar-refractivity contribution in [3.63, 3.8) is 0 Å². The number of aromatic carboxylic acids is 1. The summed E-state index contributed by atoms with van der Waals surface area (Å²) in [6.45, 7) is 10.5. The summed E-state index contributed by atoms with van der Waals surface area (Å²) >= 11 is 0. The van der Waals surface area contributed by atoms with Crippen LogP contribution >= 0.6 is 0 Å². The van der Waals surface area contributed by atoms with E-state index >= 15 is 0 Å². The summed E-state index contributed by atoms with van der Waals surface area (Å²) in [5.41, 5.74) is 2.52. The maximum Gasteiger partial charge on any atom is 0.335 e. The van der Waals surface area contributed by atoms with E-state index < -0.39 is 5.97 Å². The molecule has 0 spiro atoms. The number of benzene rings is 2. The zero-order valence-electron chi connectivity index (χ0n) is 19.1. The van der Waals surface area contributed by atoms with Crippen molar-refractivity contribution in [2.24, 2.45) is 5.92 Å². The van der Waals surface area contributed by atoms with Crippen LogP contribution in [0.2, 0.25) is 0 Å². The van der Waals surface area contributed by atoms with Gasteiger partial charge in [-0.25, -0.2) is 4.79 Å². The fourth-order valence-corrected chi connectivity index (χ4v) is 3.77. The van der Waals surface area contributed by atoms with Crippen LogP contribution in [0.5, 0.6) is 5.75 Å². The monoisotopic (exact) mass is 423 g/mol. The molecule has 0 saturated carbocycles. The molecule has 0 aliphatic carbocycles. The quantitative estimate of drug-likeness (QED) is 0.259. The number of allylic oxidation sites excluding steroid dienone is 1. The van der Waals surface area contributed by atoms with Gasteiger partial charge in [0, 0.05) is 13.1 Å². The lowest BCUT2D eigenvalue weighted by Crippen LogP contribution is -2.30. The highest BCUT2D eigenvalue weighted by atomic mass is 16.5. The molecule has 31 heavy (non-hydrogen) atoms.